The standard InChI is InChI=1S/C22H20ClN3O7/c1-4-31-21(29)15-11(3)33-20(16(15)22(30)32-5-2)26-19(28)14-10-24-17(25-18(14)27)12-6-8-13(23)9-7-12/h6-10H,4-5H2,1-3H3,(H,26,28)(H,24,25,27). The highest BCUT2D eigenvalue weighted by Gasteiger charge is 2.32. The number of esters is 2. The Hall–Kier alpha value is -3.92. The number of H-pyrrole nitrogens is 1. The number of ether oxygens (including phenoxy) is 2. The Morgan fingerprint density at radius 1 is 1.06 bits per heavy atom. The summed E-state index contributed by atoms with van der Waals surface area (Å²) in [5.41, 5.74) is -0.943. The summed E-state index contributed by atoms with van der Waals surface area (Å²) in [5, 5.41) is 2.86. The van der Waals surface area contributed by atoms with E-state index in [4.69, 9.17) is 25.5 Å². The van der Waals surface area contributed by atoms with E-state index in [1.807, 2.05) is 0 Å². The van der Waals surface area contributed by atoms with Crippen LogP contribution in [-0.2, 0) is 9.47 Å². The van der Waals surface area contributed by atoms with Gasteiger partial charge in [-0.15, -0.1) is 0 Å². The second-order valence-electron chi connectivity index (χ2n) is 6.61. The topological polar surface area (TPSA) is 141 Å². The molecule has 3 aromatic rings. The number of carbonyl (C=O) groups excluding carboxylic acids is 3. The van der Waals surface area contributed by atoms with E-state index in [1.165, 1.54) is 6.92 Å². The number of aryl methyl sites for hydroxylation is 1. The molecule has 2 N–H and O–H groups in total. The number of hydrogen-bond donors (Lipinski definition) is 2. The molecule has 1 amide bonds. The number of anilines is 1. The Morgan fingerprint density at radius 2 is 1.67 bits per heavy atom. The van der Waals surface area contributed by atoms with Crippen LogP contribution in [0.15, 0.2) is 39.7 Å². The van der Waals surface area contributed by atoms with Crippen LogP contribution in [0.1, 0.15) is 50.7 Å². The van der Waals surface area contributed by atoms with Crippen molar-refractivity contribution in [2.75, 3.05) is 18.5 Å². The van der Waals surface area contributed by atoms with Crippen LogP contribution < -0.4 is 10.9 Å². The van der Waals surface area contributed by atoms with Crippen LogP contribution in [0, 0.1) is 6.92 Å². The van der Waals surface area contributed by atoms with E-state index in [0.717, 1.165) is 6.20 Å². The Labute approximate surface area is 192 Å². The summed E-state index contributed by atoms with van der Waals surface area (Å²) in [6.45, 7) is 4.70. The minimum absolute atomic E-state index is 0.0223. The third-order valence-electron chi connectivity index (χ3n) is 4.43. The maximum Gasteiger partial charge on any atom is 0.344 e. The lowest BCUT2D eigenvalue weighted by molar-refractivity contribution is 0.0480. The van der Waals surface area contributed by atoms with Crippen molar-refractivity contribution in [2.24, 2.45) is 0 Å². The number of benzene rings is 1. The molecule has 0 radical (unpaired) electrons. The van der Waals surface area contributed by atoms with Crippen molar-refractivity contribution < 1.29 is 28.3 Å². The predicted molar refractivity (Wildman–Crippen MR) is 119 cm³/mol. The lowest BCUT2D eigenvalue weighted by atomic mass is 10.1. The number of furan rings is 1. The Morgan fingerprint density at radius 3 is 2.24 bits per heavy atom. The van der Waals surface area contributed by atoms with E-state index >= 15 is 0 Å². The van der Waals surface area contributed by atoms with Crippen LogP contribution in [0.3, 0.4) is 0 Å². The van der Waals surface area contributed by atoms with Crippen LogP contribution in [0.25, 0.3) is 11.4 Å². The van der Waals surface area contributed by atoms with Gasteiger partial charge >= 0.3 is 11.9 Å². The highest BCUT2D eigenvalue weighted by Crippen LogP contribution is 2.29. The third kappa shape index (κ3) is 5.12. The number of aromatic amines is 1. The van der Waals surface area contributed by atoms with Gasteiger partial charge in [-0.1, -0.05) is 11.6 Å². The van der Waals surface area contributed by atoms with Crippen LogP contribution in [0.2, 0.25) is 5.02 Å². The zero-order valence-electron chi connectivity index (χ0n) is 18.0. The first-order valence-corrected chi connectivity index (χ1v) is 10.3. The van der Waals surface area contributed by atoms with Gasteiger partial charge in [0.05, 0.1) is 13.2 Å². The molecule has 11 heteroatoms. The first-order chi connectivity index (χ1) is 15.8. The molecule has 0 saturated heterocycles. The molecule has 0 aliphatic carbocycles. The number of halogens is 1. The van der Waals surface area contributed by atoms with Crippen molar-refractivity contribution in [1.29, 1.82) is 0 Å². The van der Waals surface area contributed by atoms with E-state index in [1.54, 1.807) is 38.1 Å². The molecule has 0 aliphatic rings. The number of nitrogens with one attached hydrogen (secondary N) is 2. The van der Waals surface area contributed by atoms with Crippen LogP contribution in [0.5, 0.6) is 0 Å². The molecule has 0 saturated carbocycles. The lowest BCUT2D eigenvalue weighted by Crippen LogP contribution is -2.25. The van der Waals surface area contributed by atoms with Crippen molar-refractivity contribution in [3.8, 4) is 11.4 Å². The zero-order valence-corrected chi connectivity index (χ0v) is 18.7. The average molecular weight is 474 g/mol. The van der Waals surface area contributed by atoms with Gasteiger partial charge in [-0.2, -0.15) is 0 Å². The molecular weight excluding hydrogens is 454 g/mol. The number of rotatable bonds is 7. The van der Waals surface area contributed by atoms with Crippen molar-refractivity contribution in [1.82, 2.24) is 9.97 Å². The van der Waals surface area contributed by atoms with Gasteiger partial charge in [0.2, 0.25) is 5.88 Å². The molecule has 0 spiro atoms. The predicted octanol–water partition coefficient (Wildman–Crippen LogP) is 3.60. The van der Waals surface area contributed by atoms with Gasteiger partial charge in [0.15, 0.2) is 0 Å². The molecular formula is C22H20ClN3O7. The maximum absolute atomic E-state index is 12.8. The average Bonchev–Trinajstić information content (AvgIpc) is 3.10. The molecule has 172 valence electrons. The summed E-state index contributed by atoms with van der Waals surface area (Å²) in [4.78, 5) is 56.7. The van der Waals surface area contributed by atoms with Gasteiger partial charge in [-0.3, -0.25) is 14.9 Å². The van der Waals surface area contributed by atoms with E-state index in [2.05, 4.69) is 15.3 Å². The normalized spacial score (nSPS) is 10.5. The number of aromatic nitrogens is 2. The quantitative estimate of drug-likeness (QED) is 0.496. The first-order valence-electron chi connectivity index (χ1n) is 9.91. The summed E-state index contributed by atoms with van der Waals surface area (Å²) in [7, 11) is 0. The molecule has 0 atom stereocenters. The van der Waals surface area contributed by atoms with E-state index in [0.29, 0.717) is 10.6 Å². The van der Waals surface area contributed by atoms with Crippen molar-refractivity contribution in [2.45, 2.75) is 20.8 Å². The van der Waals surface area contributed by atoms with Gasteiger partial charge in [-0.25, -0.2) is 14.6 Å². The van der Waals surface area contributed by atoms with Crippen LogP contribution >= 0.6 is 11.6 Å². The van der Waals surface area contributed by atoms with Gasteiger partial charge in [0, 0.05) is 16.8 Å². The molecule has 33 heavy (non-hydrogen) atoms. The Balaban J connectivity index is 1.94. The Kier molecular flexibility index (Phi) is 7.29. The van der Waals surface area contributed by atoms with Gasteiger partial charge in [-0.05, 0) is 45.0 Å². The zero-order chi connectivity index (χ0) is 24.1. The second-order valence-corrected chi connectivity index (χ2v) is 7.05. The first kappa shape index (κ1) is 23.7. The molecule has 0 fully saturated rings. The van der Waals surface area contributed by atoms with Crippen molar-refractivity contribution in [3.63, 3.8) is 0 Å². The van der Waals surface area contributed by atoms with Gasteiger partial charge < -0.3 is 18.9 Å². The fraction of sp³-hybridized carbons (Fsp3) is 0.227. The highest BCUT2D eigenvalue weighted by molar-refractivity contribution is 6.30. The number of carbonyl (C=O) groups is 3. The van der Waals surface area contributed by atoms with E-state index < -0.39 is 23.4 Å². The molecule has 10 nitrogen and oxygen atoms in total. The number of hydrogen-bond acceptors (Lipinski definition) is 8. The van der Waals surface area contributed by atoms with Crippen LogP contribution in [0.4, 0.5) is 5.88 Å². The molecule has 3 rings (SSSR count). The maximum atomic E-state index is 12.8. The van der Waals surface area contributed by atoms with Gasteiger partial charge in [0.25, 0.3) is 11.5 Å². The second kappa shape index (κ2) is 10.1. The third-order valence-corrected chi connectivity index (χ3v) is 4.68. The van der Waals surface area contributed by atoms with Crippen molar-refractivity contribution in [3.05, 3.63) is 68.3 Å². The van der Waals surface area contributed by atoms with E-state index in [-0.39, 0.29) is 47.4 Å². The molecule has 2 heterocycles. The fourth-order valence-corrected chi connectivity index (χ4v) is 3.09. The molecule has 0 aliphatic heterocycles. The van der Waals surface area contributed by atoms with Crippen LogP contribution in [-0.4, -0.2) is 41.0 Å². The Bertz CT molecular complexity index is 1260. The summed E-state index contributed by atoms with van der Waals surface area (Å²) < 4.78 is 15.4. The SMILES string of the molecule is CCOC(=O)c1c(C)oc(NC(=O)c2cnc(-c3ccc(Cl)cc3)[nH]c2=O)c1C(=O)OCC. The summed E-state index contributed by atoms with van der Waals surface area (Å²) in [5.74, 6) is -2.68. The summed E-state index contributed by atoms with van der Waals surface area (Å²) in [6.07, 6.45) is 1.09. The molecule has 0 bridgehead atoms. The van der Waals surface area contributed by atoms with Crippen molar-refractivity contribution >= 4 is 35.3 Å². The largest absolute Gasteiger partial charge is 0.462 e. The van der Waals surface area contributed by atoms with E-state index in [9.17, 15) is 19.2 Å². The lowest BCUT2D eigenvalue weighted by Gasteiger charge is -2.07. The van der Waals surface area contributed by atoms with Gasteiger partial charge in [0.1, 0.15) is 28.3 Å². The smallest absolute Gasteiger partial charge is 0.344 e. The molecule has 1 aromatic carbocycles. The number of amides is 1. The summed E-state index contributed by atoms with van der Waals surface area (Å²) in [6, 6.07) is 6.59. The number of nitrogens with zero attached hydrogens (tertiary/aromatic N) is 1. The summed E-state index contributed by atoms with van der Waals surface area (Å²) >= 11 is 5.86. The minimum atomic E-state index is -0.902. The molecule has 0 unspecified atom stereocenters. The highest BCUT2D eigenvalue weighted by atomic mass is 35.5. The minimum Gasteiger partial charge on any atom is -0.462 e. The fourth-order valence-electron chi connectivity index (χ4n) is 2.96. The monoisotopic (exact) mass is 473 g/mol. The molecule has 2 aromatic heterocycles.